The van der Waals surface area contributed by atoms with Gasteiger partial charge in [-0.2, -0.15) is 0 Å². The van der Waals surface area contributed by atoms with Gasteiger partial charge in [0.2, 0.25) is 11.5 Å². The summed E-state index contributed by atoms with van der Waals surface area (Å²) in [6.45, 7) is 0. The zero-order valence-corrected chi connectivity index (χ0v) is 20.6. The average molecular weight is 491 g/mol. The summed E-state index contributed by atoms with van der Waals surface area (Å²) in [5, 5.41) is 0. The molecule has 0 unspecified atom stereocenters. The summed E-state index contributed by atoms with van der Waals surface area (Å²) in [6.07, 6.45) is 8.84. The Bertz CT molecular complexity index is 1480. The van der Waals surface area contributed by atoms with Gasteiger partial charge in [0.05, 0.1) is 41.7 Å². The number of carbonyl (C=O) groups is 1. The van der Waals surface area contributed by atoms with Crippen LogP contribution in [0.5, 0.6) is 28.7 Å². The molecule has 0 radical (unpaired) electrons. The predicted molar refractivity (Wildman–Crippen MR) is 133 cm³/mol. The van der Waals surface area contributed by atoms with Crippen LogP contribution < -0.4 is 23.7 Å². The van der Waals surface area contributed by atoms with Crippen LogP contribution in [0.2, 0.25) is 0 Å². The second-order valence-electron chi connectivity index (χ2n) is 7.44. The molecule has 5 rings (SSSR count). The second kappa shape index (κ2) is 10.7. The first-order valence-corrected chi connectivity index (χ1v) is 10.9. The Balaban J connectivity index is 0.000000229. The van der Waals surface area contributed by atoms with Gasteiger partial charge in [-0.1, -0.05) is 0 Å². The number of fused-ring (bicyclic) bond motifs is 2. The number of ketones is 1. The number of benzene rings is 1. The molecule has 0 amide bonds. The average Bonchev–Trinajstić information content (AvgIpc) is 3.58. The number of aromatic nitrogens is 4. The fourth-order valence-corrected chi connectivity index (χ4v) is 3.64. The van der Waals surface area contributed by atoms with E-state index in [9.17, 15) is 4.79 Å². The van der Waals surface area contributed by atoms with Gasteiger partial charge in [-0.15, -0.1) is 0 Å². The Morgan fingerprint density at radius 2 is 1.36 bits per heavy atom. The molecule has 0 saturated carbocycles. The van der Waals surface area contributed by atoms with Crippen LogP contribution in [0.25, 0.3) is 11.3 Å². The second-order valence-corrected chi connectivity index (χ2v) is 7.44. The van der Waals surface area contributed by atoms with E-state index in [1.165, 1.54) is 27.5 Å². The van der Waals surface area contributed by atoms with E-state index in [0.29, 0.717) is 39.9 Å². The summed E-state index contributed by atoms with van der Waals surface area (Å²) in [6, 6.07) is 10.5. The molecule has 186 valence electrons. The molecule has 0 fully saturated rings. The molecule has 0 bridgehead atoms. The molecule has 0 aliphatic heterocycles. The van der Waals surface area contributed by atoms with Crippen LogP contribution in [-0.4, -0.2) is 60.1 Å². The molecule has 0 atom stereocenters. The van der Waals surface area contributed by atoms with Gasteiger partial charge in [-0.3, -0.25) is 9.20 Å². The van der Waals surface area contributed by atoms with Crippen molar-refractivity contribution in [3.05, 3.63) is 78.6 Å². The lowest BCUT2D eigenvalue weighted by molar-refractivity contribution is 0.103. The third-order valence-corrected chi connectivity index (χ3v) is 5.49. The Morgan fingerprint density at radius 1 is 0.722 bits per heavy atom. The van der Waals surface area contributed by atoms with E-state index in [1.807, 2.05) is 28.9 Å². The lowest BCUT2D eigenvalue weighted by Crippen LogP contribution is -2.07. The molecular formula is C26H26N4O6. The maximum absolute atomic E-state index is 13.0. The van der Waals surface area contributed by atoms with E-state index >= 15 is 0 Å². The highest BCUT2D eigenvalue weighted by atomic mass is 16.5. The summed E-state index contributed by atoms with van der Waals surface area (Å²) < 4.78 is 29.8. The molecule has 10 heteroatoms. The minimum Gasteiger partial charge on any atom is -0.497 e. The number of imidazole rings is 2. The number of hydrogen-bond acceptors (Lipinski definition) is 8. The maximum atomic E-state index is 13.0. The van der Waals surface area contributed by atoms with Gasteiger partial charge in [0.15, 0.2) is 11.5 Å². The Labute approximate surface area is 207 Å². The Morgan fingerprint density at radius 3 is 1.97 bits per heavy atom. The summed E-state index contributed by atoms with van der Waals surface area (Å²) in [5.41, 5.74) is 2.36. The number of hydrogen-bond donors (Lipinski definition) is 0. The molecule has 4 heterocycles. The zero-order valence-electron chi connectivity index (χ0n) is 20.6. The third-order valence-electron chi connectivity index (χ3n) is 5.49. The normalized spacial score (nSPS) is 10.5. The number of methoxy groups -OCH3 is 5. The molecule has 5 aromatic rings. The van der Waals surface area contributed by atoms with Gasteiger partial charge in [0.1, 0.15) is 28.5 Å². The van der Waals surface area contributed by atoms with Crippen LogP contribution in [0.3, 0.4) is 0 Å². The topological polar surface area (TPSA) is 97.8 Å². The number of ether oxygens (including phenoxy) is 5. The first-order chi connectivity index (χ1) is 17.5. The van der Waals surface area contributed by atoms with E-state index in [-0.39, 0.29) is 5.78 Å². The molecule has 0 spiro atoms. The lowest BCUT2D eigenvalue weighted by atomic mass is 10.1. The Kier molecular flexibility index (Phi) is 7.24. The van der Waals surface area contributed by atoms with Gasteiger partial charge in [0, 0.05) is 42.5 Å². The van der Waals surface area contributed by atoms with Crippen LogP contribution >= 0.6 is 0 Å². The van der Waals surface area contributed by atoms with Crippen molar-refractivity contribution in [1.29, 1.82) is 0 Å². The van der Waals surface area contributed by atoms with Gasteiger partial charge < -0.3 is 28.1 Å². The number of carbonyl (C=O) groups excluding carboxylic acids is 1. The molecule has 0 saturated heterocycles. The van der Waals surface area contributed by atoms with Crippen molar-refractivity contribution < 1.29 is 28.5 Å². The van der Waals surface area contributed by atoms with E-state index in [1.54, 1.807) is 55.3 Å². The summed E-state index contributed by atoms with van der Waals surface area (Å²) in [4.78, 5) is 21.3. The van der Waals surface area contributed by atoms with E-state index in [0.717, 1.165) is 11.4 Å². The van der Waals surface area contributed by atoms with Crippen molar-refractivity contribution in [1.82, 2.24) is 18.8 Å². The van der Waals surface area contributed by atoms with Crippen molar-refractivity contribution >= 4 is 17.1 Å². The van der Waals surface area contributed by atoms with E-state index in [2.05, 4.69) is 9.97 Å². The van der Waals surface area contributed by atoms with Gasteiger partial charge in [0.25, 0.3) is 0 Å². The van der Waals surface area contributed by atoms with Crippen molar-refractivity contribution in [3.8, 4) is 28.7 Å². The van der Waals surface area contributed by atoms with Gasteiger partial charge in [-0.05, 0) is 24.3 Å². The van der Waals surface area contributed by atoms with Crippen molar-refractivity contribution in [2.75, 3.05) is 35.5 Å². The van der Waals surface area contributed by atoms with E-state index < -0.39 is 0 Å². The number of pyridine rings is 2. The molecule has 0 aliphatic carbocycles. The largest absolute Gasteiger partial charge is 0.497 e. The van der Waals surface area contributed by atoms with Crippen LogP contribution in [0, 0.1) is 0 Å². The van der Waals surface area contributed by atoms with Gasteiger partial charge >= 0.3 is 0 Å². The van der Waals surface area contributed by atoms with E-state index in [4.69, 9.17) is 23.7 Å². The zero-order chi connectivity index (χ0) is 25.7. The number of rotatable bonds is 7. The first kappa shape index (κ1) is 24.4. The highest BCUT2D eigenvalue weighted by Gasteiger charge is 2.20. The predicted octanol–water partition coefficient (Wildman–Crippen LogP) is 3.94. The minimum atomic E-state index is -0.211. The first-order valence-electron chi connectivity index (χ1n) is 10.9. The fourth-order valence-electron chi connectivity index (χ4n) is 3.64. The number of nitrogens with zero attached hydrogens (tertiary/aromatic N) is 4. The van der Waals surface area contributed by atoms with Crippen LogP contribution in [0.1, 0.15) is 16.1 Å². The molecule has 0 N–H and O–H groups in total. The monoisotopic (exact) mass is 490 g/mol. The molecule has 4 aromatic heterocycles. The van der Waals surface area contributed by atoms with Crippen LogP contribution in [0.4, 0.5) is 0 Å². The standard InChI is InChI=1S/C18H18N2O5.C8H8N2O/c1-22-12-5-6-20-13(10-19-16(20)9-12)17(21)11-7-14(23-2)18(25-4)15(8-11)24-3;1-11-7-2-4-10-5-3-9-8(10)6-7/h5-10H,1-4H3;2-6H,1H3. The molecule has 1 aromatic carbocycles. The maximum Gasteiger partial charge on any atom is 0.211 e. The van der Waals surface area contributed by atoms with Crippen molar-refractivity contribution in [2.45, 2.75) is 0 Å². The van der Waals surface area contributed by atoms with Gasteiger partial charge in [-0.25, -0.2) is 9.97 Å². The van der Waals surface area contributed by atoms with Crippen LogP contribution in [-0.2, 0) is 0 Å². The molecule has 36 heavy (non-hydrogen) atoms. The summed E-state index contributed by atoms with van der Waals surface area (Å²) >= 11 is 0. The summed E-state index contributed by atoms with van der Waals surface area (Å²) in [5.74, 6) is 2.57. The smallest absolute Gasteiger partial charge is 0.211 e. The SMILES string of the molecule is COc1ccn2c(C(=O)c3cc(OC)c(OC)c(OC)c3)cnc2c1.COc1ccn2ccnc2c1. The minimum absolute atomic E-state index is 0.211. The lowest BCUT2D eigenvalue weighted by Gasteiger charge is -2.13. The molecular weight excluding hydrogens is 464 g/mol. The fraction of sp³-hybridized carbons (Fsp3) is 0.192. The van der Waals surface area contributed by atoms with Crippen molar-refractivity contribution in [2.24, 2.45) is 0 Å². The third kappa shape index (κ3) is 4.74. The highest BCUT2D eigenvalue weighted by Crippen LogP contribution is 2.38. The quantitative estimate of drug-likeness (QED) is 0.317. The highest BCUT2D eigenvalue weighted by molar-refractivity contribution is 6.09. The molecule has 0 aliphatic rings. The Hall–Kier alpha value is -4.73. The molecule has 10 nitrogen and oxygen atoms in total. The van der Waals surface area contributed by atoms with Crippen LogP contribution in [0.15, 0.2) is 67.4 Å². The summed E-state index contributed by atoms with van der Waals surface area (Å²) in [7, 11) is 7.75. The van der Waals surface area contributed by atoms with Crippen molar-refractivity contribution in [3.63, 3.8) is 0 Å².